The minimum atomic E-state index is -3.34. The standard InChI is InChI=1S/C21H29NO2S/c1-3-4-5-6-7-8-9-18-25(23,24)22-16-14-21(15-17-22)20-12-10-19(2)11-13-20/h9-13,18,21H,3-6,14-17H2,1-2H3. The number of hydrogen-bond donors (Lipinski definition) is 0. The van der Waals surface area contributed by atoms with Crippen molar-refractivity contribution >= 4 is 10.0 Å². The summed E-state index contributed by atoms with van der Waals surface area (Å²) in [6.45, 7) is 5.39. The summed E-state index contributed by atoms with van der Waals surface area (Å²) in [4.78, 5) is 0. The molecular formula is C21H29NO2S. The molecule has 2 rings (SSSR count). The van der Waals surface area contributed by atoms with Crippen molar-refractivity contribution in [3.05, 3.63) is 46.9 Å². The molecule has 1 fully saturated rings. The number of rotatable bonds is 6. The summed E-state index contributed by atoms with van der Waals surface area (Å²) in [5.74, 6) is 6.31. The molecule has 25 heavy (non-hydrogen) atoms. The fraction of sp³-hybridized carbons (Fsp3) is 0.524. The molecule has 136 valence electrons. The van der Waals surface area contributed by atoms with E-state index < -0.39 is 10.0 Å². The van der Waals surface area contributed by atoms with Gasteiger partial charge in [0.15, 0.2) is 0 Å². The van der Waals surface area contributed by atoms with Gasteiger partial charge in [0.2, 0.25) is 10.0 Å². The number of benzene rings is 1. The molecule has 1 aromatic rings. The molecule has 0 N–H and O–H groups in total. The number of allylic oxidation sites excluding steroid dienone is 1. The number of piperidine rings is 1. The summed E-state index contributed by atoms with van der Waals surface area (Å²) in [7, 11) is -3.34. The lowest BCUT2D eigenvalue weighted by Crippen LogP contribution is -2.36. The highest BCUT2D eigenvalue weighted by Crippen LogP contribution is 2.29. The molecule has 0 saturated carbocycles. The minimum absolute atomic E-state index is 0.453. The Morgan fingerprint density at radius 2 is 1.84 bits per heavy atom. The number of aryl methyl sites for hydroxylation is 1. The van der Waals surface area contributed by atoms with Gasteiger partial charge in [-0.1, -0.05) is 61.4 Å². The molecular weight excluding hydrogens is 330 g/mol. The van der Waals surface area contributed by atoms with Crippen LogP contribution in [0.4, 0.5) is 0 Å². The van der Waals surface area contributed by atoms with Crippen LogP contribution in [0.2, 0.25) is 0 Å². The Balaban J connectivity index is 1.85. The van der Waals surface area contributed by atoms with Gasteiger partial charge in [-0.3, -0.25) is 0 Å². The highest BCUT2D eigenvalue weighted by Gasteiger charge is 2.26. The number of unbranched alkanes of at least 4 members (excludes halogenated alkanes) is 3. The summed E-state index contributed by atoms with van der Waals surface area (Å²) >= 11 is 0. The summed E-state index contributed by atoms with van der Waals surface area (Å²) in [6.07, 6.45) is 7.48. The van der Waals surface area contributed by atoms with Crippen LogP contribution in [-0.2, 0) is 10.0 Å². The average Bonchev–Trinajstić information content (AvgIpc) is 2.62. The van der Waals surface area contributed by atoms with Gasteiger partial charge in [0.05, 0.1) is 5.41 Å². The van der Waals surface area contributed by atoms with E-state index in [0.29, 0.717) is 19.0 Å². The van der Waals surface area contributed by atoms with Crippen LogP contribution in [0.1, 0.15) is 62.5 Å². The lowest BCUT2D eigenvalue weighted by Gasteiger charge is -2.30. The molecule has 1 aliphatic heterocycles. The fourth-order valence-corrected chi connectivity index (χ4v) is 4.21. The molecule has 0 aromatic heterocycles. The maximum Gasteiger partial charge on any atom is 0.236 e. The highest BCUT2D eigenvalue weighted by atomic mass is 32.2. The van der Waals surface area contributed by atoms with E-state index in [1.54, 1.807) is 4.31 Å². The molecule has 0 spiro atoms. The smallest absolute Gasteiger partial charge is 0.207 e. The largest absolute Gasteiger partial charge is 0.236 e. The Kier molecular flexibility index (Phi) is 7.74. The van der Waals surface area contributed by atoms with Crippen molar-refractivity contribution in [2.45, 2.75) is 58.3 Å². The summed E-state index contributed by atoms with van der Waals surface area (Å²) in [5, 5.41) is 1.26. The summed E-state index contributed by atoms with van der Waals surface area (Å²) < 4.78 is 26.3. The van der Waals surface area contributed by atoms with Crippen LogP contribution >= 0.6 is 0 Å². The molecule has 1 saturated heterocycles. The zero-order chi connectivity index (χ0) is 18.1. The number of hydrogen-bond acceptors (Lipinski definition) is 2. The quantitative estimate of drug-likeness (QED) is 0.550. The predicted octanol–water partition coefficient (Wildman–Crippen LogP) is 4.60. The van der Waals surface area contributed by atoms with E-state index in [0.717, 1.165) is 25.7 Å². The lowest BCUT2D eigenvalue weighted by atomic mass is 9.90. The van der Waals surface area contributed by atoms with Crippen molar-refractivity contribution in [1.29, 1.82) is 0 Å². The molecule has 0 atom stereocenters. The topological polar surface area (TPSA) is 37.4 Å². The van der Waals surface area contributed by atoms with Crippen LogP contribution in [0.15, 0.2) is 35.7 Å². The fourth-order valence-electron chi connectivity index (χ4n) is 3.08. The summed E-state index contributed by atoms with van der Waals surface area (Å²) in [5.41, 5.74) is 2.57. The normalized spacial score (nSPS) is 16.7. The molecule has 4 heteroatoms. The van der Waals surface area contributed by atoms with Gasteiger partial charge in [-0.15, -0.1) is 0 Å². The first-order chi connectivity index (χ1) is 12.0. The van der Waals surface area contributed by atoms with Gasteiger partial charge in [0, 0.05) is 25.6 Å². The third-order valence-electron chi connectivity index (χ3n) is 4.69. The second-order valence-corrected chi connectivity index (χ2v) is 8.53. The predicted molar refractivity (Wildman–Crippen MR) is 105 cm³/mol. The number of sulfonamides is 1. The second kappa shape index (κ2) is 9.79. The first kappa shape index (κ1) is 19.8. The third kappa shape index (κ3) is 6.34. The lowest BCUT2D eigenvalue weighted by molar-refractivity contribution is 0.322. The van der Waals surface area contributed by atoms with Crippen molar-refractivity contribution in [3.8, 4) is 11.8 Å². The maximum absolute atomic E-state index is 12.4. The molecule has 0 amide bonds. The molecule has 0 unspecified atom stereocenters. The monoisotopic (exact) mass is 359 g/mol. The molecule has 1 aromatic carbocycles. The van der Waals surface area contributed by atoms with Gasteiger partial charge in [-0.25, -0.2) is 8.42 Å². The van der Waals surface area contributed by atoms with Crippen molar-refractivity contribution in [2.24, 2.45) is 0 Å². The molecule has 1 heterocycles. The van der Waals surface area contributed by atoms with Crippen molar-refractivity contribution in [1.82, 2.24) is 4.31 Å². The van der Waals surface area contributed by atoms with Crippen LogP contribution in [0.25, 0.3) is 0 Å². The van der Waals surface area contributed by atoms with Crippen molar-refractivity contribution in [2.75, 3.05) is 13.1 Å². The van der Waals surface area contributed by atoms with Crippen LogP contribution in [0.3, 0.4) is 0 Å². The first-order valence-corrected chi connectivity index (χ1v) is 10.7. The molecule has 0 radical (unpaired) electrons. The van der Waals surface area contributed by atoms with E-state index in [9.17, 15) is 8.42 Å². The summed E-state index contributed by atoms with van der Waals surface area (Å²) in [6, 6.07) is 8.58. The zero-order valence-corrected chi connectivity index (χ0v) is 16.2. The SMILES string of the molecule is CCCCCC#CC=CS(=O)(=O)N1CCC(c2ccc(C)cc2)CC1. The Morgan fingerprint density at radius 3 is 2.48 bits per heavy atom. The van der Waals surface area contributed by atoms with Crippen molar-refractivity contribution < 1.29 is 8.42 Å². The third-order valence-corrected chi connectivity index (χ3v) is 6.26. The Morgan fingerprint density at radius 1 is 1.16 bits per heavy atom. The number of nitrogens with zero attached hydrogens (tertiary/aromatic N) is 1. The Hall–Kier alpha value is -1.57. The van der Waals surface area contributed by atoms with E-state index in [4.69, 9.17) is 0 Å². The van der Waals surface area contributed by atoms with E-state index in [2.05, 4.69) is 50.0 Å². The van der Waals surface area contributed by atoms with E-state index >= 15 is 0 Å². The van der Waals surface area contributed by atoms with Gasteiger partial charge in [0.1, 0.15) is 0 Å². The van der Waals surface area contributed by atoms with Crippen LogP contribution in [0.5, 0.6) is 0 Å². The van der Waals surface area contributed by atoms with Crippen molar-refractivity contribution in [3.63, 3.8) is 0 Å². The van der Waals surface area contributed by atoms with Crippen LogP contribution in [-0.4, -0.2) is 25.8 Å². The Bertz CT molecular complexity index is 715. The second-order valence-electron chi connectivity index (χ2n) is 6.71. The minimum Gasteiger partial charge on any atom is -0.207 e. The average molecular weight is 360 g/mol. The first-order valence-electron chi connectivity index (χ1n) is 9.24. The van der Waals surface area contributed by atoms with Gasteiger partial charge in [-0.05, 0) is 37.7 Å². The molecule has 0 bridgehead atoms. The van der Waals surface area contributed by atoms with Gasteiger partial charge >= 0.3 is 0 Å². The van der Waals surface area contributed by atoms with Gasteiger partial charge in [-0.2, -0.15) is 4.31 Å². The zero-order valence-electron chi connectivity index (χ0n) is 15.4. The van der Waals surface area contributed by atoms with Crippen LogP contribution in [0, 0.1) is 18.8 Å². The van der Waals surface area contributed by atoms with E-state index in [1.807, 2.05) is 0 Å². The molecule has 1 aliphatic rings. The van der Waals surface area contributed by atoms with Gasteiger partial charge < -0.3 is 0 Å². The van der Waals surface area contributed by atoms with Gasteiger partial charge in [0.25, 0.3) is 0 Å². The maximum atomic E-state index is 12.4. The molecule has 0 aliphatic carbocycles. The highest BCUT2D eigenvalue weighted by molar-refractivity contribution is 7.92. The van der Waals surface area contributed by atoms with Crippen LogP contribution < -0.4 is 0 Å². The molecule has 3 nitrogen and oxygen atoms in total. The Labute approximate surface area is 153 Å². The van der Waals surface area contributed by atoms with E-state index in [-0.39, 0.29) is 0 Å². The van der Waals surface area contributed by atoms with E-state index in [1.165, 1.54) is 35.5 Å².